The van der Waals surface area contributed by atoms with Crippen molar-refractivity contribution in [1.29, 1.82) is 0 Å². The van der Waals surface area contributed by atoms with Crippen molar-refractivity contribution in [3.63, 3.8) is 0 Å². The highest BCUT2D eigenvalue weighted by molar-refractivity contribution is 5.91. The number of nitrogens with zero attached hydrogens (tertiary/aromatic N) is 1. The molecule has 0 atom stereocenters. The molecular weight excluding hydrogens is 138 g/mol. The minimum absolute atomic E-state index is 0.141. The van der Waals surface area contributed by atoms with E-state index in [2.05, 4.69) is 4.99 Å². The zero-order chi connectivity index (χ0) is 7.98. The summed E-state index contributed by atoms with van der Waals surface area (Å²) in [4.78, 5) is 3.67. The standard InChI is InChI=1S/C6H10F2N2/c1-2-10-6(9)4-3-5(7)8/h3-5H,2H2,1H3,(H2,9,10)/b4-3+. The molecule has 4 heteroatoms. The zero-order valence-corrected chi connectivity index (χ0v) is 5.72. The van der Waals surface area contributed by atoms with Crippen molar-refractivity contribution in [2.24, 2.45) is 10.7 Å². The molecule has 0 unspecified atom stereocenters. The minimum Gasteiger partial charge on any atom is -0.384 e. The first-order valence-corrected chi connectivity index (χ1v) is 2.93. The van der Waals surface area contributed by atoms with Crippen molar-refractivity contribution in [3.05, 3.63) is 12.2 Å². The third-order valence-corrected chi connectivity index (χ3v) is 0.753. The number of nitrogens with two attached hydrogens (primary N) is 1. The molecule has 10 heavy (non-hydrogen) atoms. The van der Waals surface area contributed by atoms with Crippen LogP contribution in [0.2, 0.25) is 0 Å². The number of aliphatic imine (C=N–C) groups is 1. The van der Waals surface area contributed by atoms with E-state index >= 15 is 0 Å². The minimum atomic E-state index is -2.45. The molecule has 0 rings (SSSR count). The predicted molar refractivity (Wildman–Crippen MR) is 37.3 cm³/mol. The van der Waals surface area contributed by atoms with E-state index in [1.807, 2.05) is 0 Å². The van der Waals surface area contributed by atoms with Gasteiger partial charge in [-0.2, -0.15) is 0 Å². The van der Waals surface area contributed by atoms with Crippen LogP contribution in [0.5, 0.6) is 0 Å². The highest BCUT2D eigenvalue weighted by atomic mass is 19.3. The summed E-state index contributed by atoms with van der Waals surface area (Å²) < 4.78 is 22.9. The average Bonchev–Trinajstić information content (AvgIpc) is 1.85. The fourth-order valence-corrected chi connectivity index (χ4v) is 0.407. The van der Waals surface area contributed by atoms with E-state index in [0.29, 0.717) is 12.6 Å². The van der Waals surface area contributed by atoms with Gasteiger partial charge < -0.3 is 5.73 Å². The Morgan fingerprint density at radius 3 is 2.70 bits per heavy atom. The maximum absolute atomic E-state index is 11.4. The predicted octanol–water partition coefficient (Wildman–Crippen LogP) is 1.18. The lowest BCUT2D eigenvalue weighted by Crippen LogP contribution is -2.08. The van der Waals surface area contributed by atoms with E-state index in [0.717, 1.165) is 6.08 Å². The van der Waals surface area contributed by atoms with Crippen molar-refractivity contribution in [2.75, 3.05) is 6.54 Å². The Morgan fingerprint density at radius 2 is 2.30 bits per heavy atom. The molecular formula is C6H10F2N2. The van der Waals surface area contributed by atoms with Crippen LogP contribution < -0.4 is 5.73 Å². The van der Waals surface area contributed by atoms with E-state index in [1.54, 1.807) is 6.92 Å². The van der Waals surface area contributed by atoms with E-state index in [4.69, 9.17) is 5.73 Å². The molecule has 0 heterocycles. The molecule has 0 fully saturated rings. The lowest BCUT2D eigenvalue weighted by Gasteiger charge is -1.89. The van der Waals surface area contributed by atoms with Crippen molar-refractivity contribution in [2.45, 2.75) is 13.3 Å². The van der Waals surface area contributed by atoms with Crippen LogP contribution in [-0.4, -0.2) is 18.8 Å². The summed E-state index contributed by atoms with van der Waals surface area (Å²) in [6.07, 6.45) is -0.645. The van der Waals surface area contributed by atoms with Gasteiger partial charge in [-0.3, -0.25) is 4.99 Å². The lowest BCUT2D eigenvalue weighted by molar-refractivity contribution is 0.204. The van der Waals surface area contributed by atoms with Crippen molar-refractivity contribution < 1.29 is 8.78 Å². The Morgan fingerprint density at radius 1 is 1.70 bits per heavy atom. The molecule has 0 aliphatic rings. The molecule has 0 aliphatic carbocycles. The molecule has 0 saturated carbocycles. The van der Waals surface area contributed by atoms with Gasteiger partial charge in [-0.15, -0.1) is 0 Å². The van der Waals surface area contributed by atoms with Gasteiger partial charge in [-0.1, -0.05) is 0 Å². The molecule has 0 spiro atoms. The Kier molecular flexibility index (Phi) is 4.45. The van der Waals surface area contributed by atoms with Gasteiger partial charge in [0.15, 0.2) is 0 Å². The first-order chi connectivity index (χ1) is 4.66. The normalized spacial score (nSPS) is 13.4. The first kappa shape index (κ1) is 9.07. The van der Waals surface area contributed by atoms with E-state index < -0.39 is 6.43 Å². The maximum Gasteiger partial charge on any atom is 0.257 e. The molecule has 58 valence electrons. The summed E-state index contributed by atoms with van der Waals surface area (Å²) >= 11 is 0. The topological polar surface area (TPSA) is 38.4 Å². The van der Waals surface area contributed by atoms with Crippen molar-refractivity contribution >= 4 is 5.84 Å². The Balaban J connectivity index is 3.77. The SMILES string of the molecule is CCN=C(N)/C=C/C(F)F. The second kappa shape index (κ2) is 4.90. The molecule has 0 saturated heterocycles. The molecule has 0 aromatic heterocycles. The number of alkyl halides is 2. The van der Waals surface area contributed by atoms with Crippen LogP contribution in [0.15, 0.2) is 17.1 Å². The van der Waals surface area contributed by atoms with E-state index in [-0.39, 0.29) is 5.84 Å². The van der Waals surface area contributed by atoms with Crippen LogP contribution in [0, 0.1) is 0 Å². The van der Waals surface area contributed by atoms with E-state index in [1.165, 1.54) is 0 Å². The summed E-state index contributed by atoms with van der Waals surface area (Å²) in [7, 11) is 0. The zero-order valence-electron chi connectivity index (χ0n) is 5.72. The molecule has 0 aromatic rings. The lowest BCUT2D eigenvalue weighted by atomic mass is 10.5. The Labute approximate surface area is 58.4 Å². The molecule has 2 nitrogen and oxygen atoms in total. The third-order valence-electron chi connectivity index (χ3n) is 0.753. The number of rotatable bonds is 3. The monoisotopic (exact) mass is 148 g/mol. The Bertz CT molecular complexity index is 141. The third kappa shape index (κ3) is 5.21. The van der Waals surface area contributed by atoms with Gasteiger partial charge in [-0.05, 0) is 19.1 Å². The average molecular weight is 148 g/mol. The number of halogens is 2. The van der Waals surface area contributed by atoms with Crippen molar-refractivity contribution in [1.82, 2.24) is 0 Å². The second-order valence-corrected chi connectivity index (χ2v) is 1.59. The number of hydrogen-bond donors (Lipinski definition) is 1. The van der Waals surface area contributed by atoms with Crippen LogP contribution >= 0.6 is 0 Å². The highest BCUT2D eigenvalue weighted by Crippen LogP contribution is 1.92. The number of allylic oxidation sites excluding steroid dienone is 1. The second-order valence-electron chi connectivity index (χ2n) is 1.59. The van der Waals surface area contributed by atoms with Crippen LogP contribution in [0.25, 0.3) is 0 Å². The summed E-state index contributed by atoms with van der Waals surface area (Å²) in [6.45, 7) is 2.29. The van der Waals surface area contributed by atoms with Crippen LogP contribution in [-0.2, 0) is 0 Å². The van der Waals surface area contributed by atoms with Gasteiger partial charge in [-0.25, -0.2) is 8.78 Å². The summed E-state index contributed by atoms with van der Waals surface area (Å²) in [6, 6.07) is 0. The molecule has 0 bridgehead atoms. The van der Waals surface area contributed by atoms with Gasteiger partial charge in [0.05, 0.1) is 0 Å². The van der Waals surface area contributed by atoms with Crippen molar-refractivity contribution in [3.8, 4) is 0 Å². The van der Waals surface area contributed by atoms with Gasteiger partial charge in [0, 0.05) is 6.54 Å². The van der Waals surface area contributed by atoms with Gasteiger partial charge in [0.25, 0.3) is 6.43 Å². The quantitative estimate of drug-likeness (QED) is 0.473. The number of amidine groups is 1. The molecule has 0 aromatic carbocycles. The maximum atomic E-state index is 11.4. The number of hydrogen-bond acceptors (Lipinski definition) is 1. The fraction of sp³-hybridized carbons (Fsp3) is 0.500. The molecule has 2 N–H and O–H groups in total. The van der Waals surface area contributed by atoms with Gasteiger partial charge in [0.1, 0.15) is 5.84 Å². The molecule has 0 amide bonds. The van der Waals surface area contributed by atoms with Crippen LogP contribution in [0.3, 0.4) is 0 Å². The van der Waals surface area contributed by atoms with Gasteiger partial charge >= 0.3 is 0 Å². The smallest absolute Gasteiger partial charge is 0.257 e. The van der Waals surface area contributed by atoms with E-state index in [9.17, 15) is 8.78 Å². The van der Waals surface area contributed by atoms with Gasteiger partial charge in [0.2, 0.25) is 0 Å². The fourth-order valence-electron chi connectivity index (χ4n) is 0.407. The summed E-state index contributed by atoms with van der Waals surface area (Å²) in [5, 5.41) is 0. The summed E-state index contributed by atoms with van der Waals surface area (Å²) in [5.74, 6) is 0.141. The molecule has 0 radical (unpaired) electrons. The first-order valence-electron chi connectivity index (χ1n) is 2.93. The van der Waals surface area contributed by atoms with Crippen LogP contribution in [0.1, 0.15) is 6.92 Å². The summed E-state index contributed by atoms with van der Waals surface area (Å²) in [5.41, 5.74) is 5.16. The highest BCUT2D eigenvalue weighted by Gasteiger charge is 1.92. The van der Waals surface area contributed by atoms with Crippen LogP contribution in [0.4, 0.5) is 8.78 Å². The largest absolute Gasteiger partial charge is 0.384 e. The Hall–Kier alpha value is -0.930. The molecule has 0 aliphatic heterocycles.